The molecule has 0 unspecified atom stereocenters. The number of methoxy groups -OCH3 is 1. The zero-order valence-corrected chi connectivity index (χ0v) is 21.9. The first-order valence-corrected chi connectivity index (χ1v) is 12.6. The molecule has 3 aromatic heterocycles. The Balaban J connectivity index is 1.58. The van der Waals surface area contributed by atoms with Crippen LogP contribution < -0.4 is 11.2 Å². The number of fused-ring (bicyclic) bond motifs is 1. The van der Waals surface area contributed by atoms with Gasteiger partial charge < -0.3 is 9.30 Å². The number of aromatic nitrogens is 8. The molecule has 0 spiro atoms. The van der Waals surface area contributed by atoms with Gasteiger partial charge in [-0.05, 0) is 28.3 Å². The van der Waals surface area contributed by atoms with Crippen LogP contribution in [0.15, 0.2) is 58.1 Å². The molecule has 12 nitrogen and oxygen atoms in total. The number of nitrogens with one attached hydrogen (secondary N) is 1. The van der Waals surface area contributed by atoms with Gasteiger partial charge in [-0.1, -0.05) is 61.9 Å². The molecule has 12 heteroatoms. The van der Waals surface area contributed by atoms with Crippen LogP contribution in [0.2, 0.25) is 0 Å². The smallest absolute Gasteiger partial charge is 0.333 e. The van der Waals surface area contributed by atoms with Crippen LogP contribution in [0.25, 0.3) is 33.7 Å². The lowest BCUT2D eigenvalue weighted by molar-refractivity contribution is -0.141. The molecule has 39 heavy (non-hydrogen) atoms. The van der Waals surface area contributed by atoms with Gasteiger partial charge in [0.25, 0.3) is 5.56 Å². The van der Waals surface area contributed by atoms with Gasteiger partial charge in [-0.2, -0.15) is 5.21 Å². The van der Waals surface area contributed by atoms with Crippen molar-refractivity contribution in [3.63, 3.8) is 0 Å². The van der Waals surface area contributed by atoms with E-state index in [0.717, 1.165) is 39.7 Å². The van der Waals surface area contributed by atoms with Crippen molar-refractivity contribution in [1.29, 1.82) is 0 Å². The molecule has 5 rings (SSSR count). The Morgan fingerprint density at radius 1 is 1.03 bits per heavy atom. The van der Waals surface area contributed by atoms with E-state index in [1.165, 1.54) is 18.7 Å². The average Bonchev–Trinajstić information content (AvgIpc) is 3.62. The number of aryl methyl sites for hydroxylation is 1. The van der Waals surface area contributed by atoms with Crippen LogP contribution in [-0.2, 0) is 36.1 Å². The molecule has 0 aliphatic carbocycles. The topological polar surface area (TPSA) is 143 Å². The van der Waals surface area contributed by atoms with Crippen LogP contribution in [0.3, 0.4) is 0 Å². The number of benzene rings is 2. The number of aromatic amines is 1. The van der Waals surface area contributed by atoms with Gasteiger partial charge in [0.1, 0.15) is 12.4 Å². The molecule has 5 aromatic rings. The van der Waals surface area contributed by atoms with Gasteiger partial charge in [0.05, 0.1) is 7.11 Å². The highest BCUT2D eigenvalue weighted by Gasteiger charge is 2.22. The maximum Gasteiger partial charge on any atom is 0.333 e. The fraction of sp³-hybridized carbons (Fsp3) is 0.296. The summed E-state index contributed by atoms with van der Waals surface area (Å²) in [6.45, 7) is 2.11. The number of H-pyrrole nitrogens is 1. The maximum absolute atomic E-state index is 13.3. The summed E-state index contributed by atoms with van der Waals surface area (Å²) in [7, 11) is 2.65. The lowest BCUT2D eigenvalue weighted by atomic mass is 9.98. The van der Waals surface area contributed by atoms with E-state index in [2.05, 4.69) is 32.5 Å². The maximum atomic E-state index is 13.3. The largest absolute Gasteiger partial charge is 0.468 e. The first-order chi connectivity index (χ1) is 18.9. The highest BCUT2D eigenvalue weighted by molar-refractivity contribution is 5.80. The van der Waals surface area contributed by atoms with E-state index in [9.17, 15) is 14.4 Å². The summed E-state index contributed by atoms with van der Waals surface area (Å²) in [4.78, 5) is 42.9. The van der Waals surface area contributed by atoms with Crippen molar-refractivity contribution in [3.05, 3.63) is 80.8 Å². The number of nitrogens with zero attached hydrogens (tertiary/aromatic N) is 7. The van der Waals surface area contributed by atoms with Crippen LogP contribution in [0, 0.1) is 0 Å². The fourth-order valence-electron chi connectivity index (χ4n) is 4.61. The number of carbonyl (C=O) groups excluding carboxylic acids is 1. The summed E-state index contributed by atoms with van der Waals surface area (Å²) < 4.78 is 8.83. The number of esters is 1. The number of hydrogen-bond donors (Lipinski definition) is 1. The summed E-state index contributed by atoms with van der Waals surface area (Å²) in [5.74, 6) is 0.590. The number of hydrogen-bond acceptors (Lipinski definition) is 8. The molecule has 0 fully saturated rings. The predicted molar refractivity (Wildman–Crippen MR) is 144 cm³/mol. The zero-order valence-electron chi connectivity index (χ0n) is 21.9. The normalized spacial score (nSPS) is 11.3. The first kappa shape index (κ1) is 25.8. The molecule has 0 radical (unpaired) electrons. The van der Waals surface area contributed by atoms with Crippen LogP contribution in [0.1, 0.15) is 31.2 Å². The second-order valence-electron chi connectivity index (χ2n) is 9.18. The Morgan fingerprint density at radius 3 is 2.44 bits per heavy atom. The fourth-order valence-corrected chi connectivity index (χ4v) is 4.61. The van der Waals surface area contributed by atoms with E-state index in [-0.39, 0.29) is 17.7 Å². The second kappa shape index (κ2) is 10.9. The van der Waals surface area contributed by atoms with Crippen molar-refractivity contribution in [3.8, 4) is 22.5 Å². The number of tetrazole rings is 1. The summed E-state index contributed by atoms with van der Waals surface area (Å²) in [5, 5.41) is 14.4. The molecule has 0 atom stereocenters. The van der Waals surface area contributed by atoms with E-state index in [0.29, 0.717) is 24.6 Å². The Kier molecular flexibility index (Phi) is 7.17. The lowest BCUT2D eigenvalue weighted by Crippen LogP contribution is -2.40. The third-order valence-corrected chi connectivity index (χ3v) is 6.70. The van der Waals surface area contributed by atoms with Crippen LogP contribution in [-0.4, -0.2) is 52.4 Å². The van der Waals surface area contributed by atoms with Gasteiger partial charge >= 0.3 is 11.7 Å². The van der Waals surface area contributed by atoms with Crippen molar-refractivity contribution in [2.45, 2.75) is 39.3 Å². The molecule has 0 aliphatic rings. The van der Waals surface area contributed by atoms with Gasteiger partial charge in [-0.25, -0.2) is 9.78 Å². The minimum Gasteiger partial charge on any atom is -0.468 e. The molecule has 0 bridgehead atoms. The Morgan fingerprint density at radius 2 is 1.77 bits per heavy atom. The molecular formula is C27H28N8O4. The molecule has 0 saturated heterocycles. The molecule has 3 heterocycles. The summed E-state index contributed by atoms with van der Waals surface area (Å²) in [6, 6.07) is 15.8. The number of unbranched alkanes of at least 4 members (excludes halogenated alkanes) is 1. The van der Waals surface area contributed by atoms with E-state index >= 15 is 0 Å². The SMILES string of the molecule is CCCCc1nc2c(c(=O)n(C)c(=O)n2CC(=O)OC)n1Cc1ccc(-c2ccccc2-c2nn[nH]n2)cc1. The van der Waals surface area contributed by atoms with Crippen LogP contribution in [0.4, 0.5) is 0 Å². The minimum absolute atomic E-state index is 0.185. The van der Waals surface area contributed by atoms with Gasteiger partial charge in [0.2, 0.25) is 5.82 Å². The Hall–Kier alpha value is -4.87. The quantitative estimate of drug-likeness (QED) is 0.287. The van der Waals surface area contributed by atoms with Gasteiger partial charge in [-0.15, -0.1) is 10.2 Å². The summed E-state index contributed by atoms with van der Waals surface area (Å²) >= 11 is 0. The highest BCUT2D eigenvalue weighted by Crippen LogP contribution is 2.30. The average molecular weight is 529 g/mol. The molecule has 2 aromatic carbocycles. The minimum atomic E-state index is -0.616. The Labute approximate surface area is 222 Å². The van der Waals surface area contributed by atoms with Crippen molar-refractivity contribution in [2.24, 2.45) is 7.05 Å². The third-order valence-electron chi connectivity index (χ3n) is 6.70. The van der Waals surface area contributed by atoms with Gasteiger partial charge in [0.15, 0.2) is 11.2 Å². The lowest BCUT2D eigenvalue weighted by Gasteiger charge is -2.12. The first-order valence-electron chi connectivity index (χ1n) is 12.6. The number of ether oxygens (including phenoxy) is 1. The standard InChI is InChI=1S/C27H28N8O4/c1-4-5-10-21-28-25-23(26(37)33(2)27(38)35(25)16-22(36)39-3)34(21)15-17-11-13-18(14-12-17)19-8-6-7-9-20(19)24-29-31-32-30-24/h6-9,11-14H,4-5,10,15-16H2,1-3H3,(H,29,30,31,32). The third kappa shape index (κ3) is 4.88. The van der Waals surface area contributed by atoms with E-state index in [4.69, 9.17) is 4.74 Å². The molecular weight excluding hydrogens is 500 g/mol. The van der Waals surface area contributed by atoms with Crippen molar-refractivity contribution in [2.75, 3.05) is 7.11 Å². The van der Waals surface area contributed by atoms with Gasteiger partial charge in [-0.3, -0.25) is 18.7 Å². The molecule has 0 aliphatic heterocycles. The van der Waals surface area contributed by atoms with Crippen molar-refractivity contribution < 1.29 is 9.53 Å². The van der Waals surface area contributed by atoms with E-state index < -0.39 is 17.2 Å². The van der Waals surface area contributed by atoms with E-state index in [1.54, 1.807) is 0 Å². The Bertz CT molecular complexity index is 1750. The van der Waals surface area contributed by atoms with E-state index in [1.807, 2.05) is 53.1 Å². The van der Waals surface area contributed by atoms with Crippen LogP contribution >= 0.6 is 0 Å². The molecule has 200 valence electrons. The van der Waals surface area contributed by atoms with Gasteiger partial charge in [0, 0.05) is 25.6 Å². The second-order valence-corrected chi connectivity index (χ2v) is 9.18. The number of carbonyl (C=O) groups is 1. The van der Waals surface area contributed by atoms with Crippen molar-refractivity contribution in [1.82, 2.24) is 39.3 Å². The van der Waals surface area contributed by atoms with Crippen LogP contribution in [0.5, 0.6) is 0 Å². The predicted octanol–water partition coefficient (Wildman–Crippen LogP) is 2.31. The summed E-state index contributed by atoms with van der Waals surface area (Å²) in [6.07, 6.45) is 2.41. The monoisotopic (exact) mass is 528 g/mol. The molecule has 0 amide bonds. The molecule has 1 N–H and O–H groups in total. The number of imidazole rings is 1. The zero-order chi connectivity index (χ0) is 27.5. The van der Waals surface area contributed by atoms with Crippen molar-refractivity contribution >= 4 is 17.1 Å². The number of rotatable bonds is 9. The highest BCUT2D eigenvalue weighted by atomic mass is 16.5. The molecule has 0 saturated carbocycles. The summed E-state index contributed by atoms with van der Waals surface area (Å²) in [5.41, 5.74) is 3.12.